The molecule has 0 saturated carbocycles. The van der Waals surface area contributed by atoms with Crippen molar-refractivity contribution in [3.05, 3.63) is 71.6 Å². The molecule has 1 aromatic carbocycles. The number of hydrogen-bond donors (Lipinski definition) is 2. The maximum atomic E-state index is 11.2. The molecular weight excluding hydrogens is 276 g/mol. The first-order valence-corrected chi connectivity index (χ1v) is 7.44. The highest BCUT2D eigenvalue weighted by Crippen LogP contribution is 2.49. The van der Waals surface area contributed by atoms with Gasteiger partial charge in [-0.3, -0.25) is 4.98 Å². The van der Waals surface area contributed by atoms with Gasteiger partial charge in [0, 0.05) is 24.0 Å². The van der Waals surface area contributed by atoms with Crippen molar-refractivity contribution in [3.8, 4) is 0 Å². The van der Waals surface area contributed by atoms with Crippen LogP contribution < -0.4 is 5.32 Å². The van der Waals surface area contributed by atoms with Crippen molar-refractivity contribution in [1.82, 2.24) is 4.98 Å². The van der Waals surface area contributed by atoms with Gasteiger partial charge < -0.3 is 10.4 Å². The molecule has 0 fully saturated rings. The minimum atomic E-state index is -0.877. The highest BCUT2D eigenvalue weighted by atomic mass is 16.4. The largest absolute Gasteiger partial charge is 0.478 e. The summed E-state index contributed by atoms with van der Waals surface area (Å²) in [6.07, 6.45) is 9.05. The summed E-state index contributed by atoms with van der Waals surface area (Å²) in [4.78, 5) is 15.3. The molecule has 0 spiro atoms. The van der Waals surface area contributed by atoms with Crippen molar-refractivity contribution >= 4 is 11.7 Å². The molecule has 1 aliphatic heterocycles. The lowest BCUT2D eigenvalue weighted by Gasteiger charge is -2.37. The van der Waals surface area contributed by atoms with Crippen molar-refractivity contribution in [2.24, 2.45) is 5.92 Å². The summed E-state index contributed by atoms with van der Waals surface area (Å²) >= 11 is 0. The third kappa shape index (κ3) is 1.99. The Labute approximate surface area is 128 Å². The second-order valence-corrected chi connectivity index (χ2v) is 5.86. The first kappa shape index (κ1) is 13.1. The zero-order valence-electron chi connectivity index (χ0n) is 11.9. The summed E-state index contributed by atoms with van der Waals surface area (Å²) in [5.74, 6) is -0.190. The molecular formula is C18H16N2O2. The van der Waals surface area contributed by atoms with Gasteiger partial charge >= 0.3 is 5.97 Å². The first-order chi connectivity index (χ1) is 10.7. The number of nitrogens with one attached hydrogen (secondary N) is 1. The van der Waals surface area contributed by atoms with E-state index in [1.54, 1.807) is 12.1 Å². The number of pyridine rings is 1. The van der Waals surface area contributed by atoms with E-state index in [-0.39, 0.29) is 12.0 Å². The Bertz CT molecular complexity index is 755. The molecule has 0 unspecified atom stereocenters. The summed E-state index contributed by atoms with van der Waals surface area (Å²) in [7, 11) is 0. The zero-order chi connectivity index (χ0) is 15.1. The van der Waals surface area contributed by atoms with E-state index >= 15 is 0 Å². The molecule has 1 aromatic heterocycles. The fourth-order valence-corrected chi connectivity index (χ4v) is 3.63. The van der Waals surface area contributed by atoms with Crippen LogP contribution in [0.1, 0.15) is 39.9 Å². The van der Waals surface area contributed by atoms with Crippen molar-refractivity contribution in [2.75, 3.05) is 5.32 Å². The number of aromatic nitrogens is 1. The molecule has 4 heteroatoms. The average Bonchev–Trinajstić information content (AvgIpc) is 3.04. The predicted octanol–water partition coefficient (Wildman–Crippen LogP) is 3.61. The Morgan fingerprint density at radius 3 is 2.82 bits per heavy atom. The second-order valence-electron chi connectivity index (χ2n) is 5.86. The number of aromatic carboxylic acids is 1. The van der Waals surface area contributed by atoms with Gasteiger partial charge in [0.05, 0.1) is 11.6 Å². The van der Waals surface area contributed by atoms with Gasteiger partial charge in [0.15, 0.2) is 0 Å². The number of fused-ring (bicyclic) bond motifs is 3. The fraction of sp³-hybridized carbons (Fsp3) is 0.222. The van der Waals surface area contributed by atoms with Crippen LogP contribution in [0.15, 0.2) is 54.9 Å². The van der Waals surface area contributed by atoms with Gasteiger partial charge in [-0.25, -0.2) is 4.79 Å². The fourth-order valence-electron chi connectivity index (χ4n) is 3.63. The Morgan fingerprint density at radius 1 is 1.23 bits per heavy atom. The minimum absolute atomic E-state index is 0.228. The third-order valence-corrected chi connectivity index (χ3v) is 4.67. The summed E-state index contributed by atoms with van der Waals surface area (Å²) < 4.78 is 0. The van der Waals surface area contributed by atoms with Gasteiger partial charge in [-0.05, 0) is 53.8 Å². The van der Waals surface area contributed by atoms with E-state index in [0.717, 1.165) is 17.7 Å². The van der Waals surface area contributed by atoms with Gasteiger partial charge in [0.1, 0.15) is 0 Å². The minimum Gasteiger partial charge on any atom is -0.478 e. The van der Waals surface area contributed by atoms with Gasteiger partial charge in [0.25, 0.3) is 0 Å². The van der Waals surface area contributed by atoms with Crippen LogP contribution in [-0.4, -0.2) is 16.1 Å². The van der Waals surface area contributed by atoms with E-state index in [4.69, 9.17) is 0 Å². The highest BCUT2D eigenvalue weighted by molar-refractivity contribution is 5.89. The number of anilines is 1. The zero-order valence-corrected chi connectivity index (χ0v) is 11.9. The predicted molar refractivity (Wildman–Crippen MR) is 84.0 cm³/mol. The Balaban J connectivity index is 1.79. The number of hydrogen-bond acceptors (Lipinski definition) is 3. The number of benzene rings is 1. The van der Waals surface area contributed by atoms with Crippen LogP contribution in [0.2, 0.25) is 0 Å². The number of rotatable bonds is 2. The average molecular weight is 292 g/mol. The van der Waals surface area contributed by atoms with E-state index < -0.39 is 5.97 Å². The van der Waals surface area contributed by atoms with E-state index in [1.165, 1.54) is 5.56 Å². The van der Waals surface area contributed by atoms with Crippen LogP contribution in [0.5, 0.6) is 0 Å². The lowest BCUT2D eigenvalue weighted by atomic mass is 9.77. The molecule has 2 heterocycles. The quantitative estimate of drug-likeness (QED) is 0.830. The summed E-state index contributed by atoms with van der Waals surface area (Å²) in [6.45, 7) is 0. The number of nitrogens with zero attached hydrogens (tertiary/aromatic N) is 1. The maximum Gasteiger partial charge on any atom is 0.335 e. The van der Waals surface area contributed by atoms with E-state index in [1.807, 2.05) is 30.6 Å². The van der Waals surface area contributed by atoms with Gasteiger partial charge in [-0.1, -0.05) is 12.2 Å². The Morgan fingerprint density at radius 2 is 2.05 bits per heavy atom. The molecule has 3 atom stereocenters. The Kier molecular flexibility index (Phi) is 2.96. The lowest BCUT2D eigenvalue weighted by molar-refractivity contribution is 0.0696. The van der Waals surface area contributed by atoms with Crippen LogP contribution in [0.4, 0.5) is 5.69 Å². The standard InChI is InChI=1S/C18H16N2O2/c21-18(22)12-4-5-16-15(10-12)13-2-1-3-14(13)17(20-16)11-6-8-19-9-7-11/h1-2,4-10,13-14,17,20H,3H2,(H,21,22)/t13-,14-,17+/m0/s1. The normalized spacial score (nSPS) is 25.2. The number of carbonyl (C=O) groups is 1. The molecule has 4 nitrogen and oxygen atoms in total. The van der Waals surface area contributed by atoms with Gasteiger partial charge in [-0.15, -0.1) is 0 Å². The van der Waals surface area contributed by atoms with Gasteiger partial charge in [0.2, 0.25) is 0 Å². The van der Waals surface area contributed by atoms with E-state index in [2.05, 4.69) is 22.5 Å². The molecule has 2 aromatic rings. The van der Waals surface area contributed by atoms with Crippen LogP contribution in [0, 0.1) is 5.92 Å². The topological polar surface area (TPSA) is 62.2 Å². The monoisotopic (exact) mass is 292 g/mol. The molecule has 2 aliphatic rings. The van der Waals surface area contributed by atoms with Crippen molar-refractivity contribution in [1.29, 1.82) is 0 Å². The molecule has 0 saturated heterocycles. The van der Waals surface area contributed by atoms with E-state index in [0.29, 0.717) is 11.5 Å². The summed E-state index contributed by atoms with van der Waals surface area (Å²) in [6, 6.07) is 9.67. The highest BCUT2D eigenvalue weighted by Gasteiger charge is 2.38. The maximum absolute atomic E-state index is 11.2. The van der Waals surface area contributed by atoms with Crippen molar-refractivity contribution < 1.29 is 9.90 Å². The van der Waals surface area contributed by atoms with E-state index in [9.17, 15) is 9.90 Å². The lowest BCUT2D eigenvalue weighted by Crippen LogP contribution is -2.29. The molecule has 2 N–H and O–H groups in total. The summed E-state index contributed by atoms with van der Waals surface area (Å²) in [5, 5.41) is 12.8. The molecule has 1 aliphatic carbocycles. The number of carboxylic acids is 1. The van der Waals surface area contributed by atoms with Crippen LogP contribution >= 0.6 is 0 Å². The molecule has 0 bridgehead atoms. The van der Waals surface area contributed by atoms with Crippen LogP contribution in [-0.2, 0) is 0 Å². The Hall–Kier alpha value is -2.62. The number of allylic oxidation sites excluding steroid dienone is 2. The molecule has 4 rings (SSSR count). The van der Waals surface area contributed by atoms with Crippen LogP contribution in [0.3, 0.4) is 0 Å². The van der Waals surface area contributed by atoms with Crippen molar-refractivity contribution in [2.45, 2.75) is 18.4 Å². The van der Waals surface area contributed by atoms with Crippen molar-refractivity contribution in [3.63, 3.8) is 0 Å². The number of carboxylic acid groups (broad SMARTS) is 1. The molecule has 110 valence electrons. The summed E-state index contributed by atoms with van der Waals surface area (Å²) in [5.41, 5.74) is 3.69. The van der Waals surface area contributed by atoms with Gasteiger partial charge in [-0.2, -0.15) is 0 Å². The van der Waals surface area contributed by atoms with Crippen LogP contribution in [0.25, 0.3) is 0 Å². The molecule has 0 amide bonds. The third-order valence-electron chi connectivity index (χ3n) is 4.67. The smallest absolute Gasteiger partial charge is 0.335 e. The molecule has 22 heavy (non-hydrogen) atoms. The first-order valence-electron chi connectivity index (χ1n) is 7.44. The molecule has 0 radical (unpaired) electrons. The second kappa shape index (κ2) is 4.98. The SMILES string of the molecule is O=C(O)c1ccc2c(c1)[C@H]1C=CC[C@@H]1[C@@H](c1ccncc1)N2.